The number of hydrazone groups is 1. The lowest BCUT2D eigenvalue weighted by Crippen LogP contribution is -2.16. The van der Waals surface area contributed by atoms with E-state index in [-0.39, 0.29) is 5.91 Å². The topological polar surface area (TPSA) is 41.5 Å². The van der Waals surface area contributed by atoms with Gasteiger partial charge in [0.1, 0.15) is 0 Å². The molecular weight excluding hydrogens is 164 g/mol. The van der Waals surface area contributed by atoms with Gasteiger partial charge in [-0.25, -0.2) is 5.43 Å². The molecule has 0 rings (SSSR count). The smallest absolute Gasteiger partial charge is 0.240 e. The van der Waals surface area contributed by atoms with Gasteiger partial charge in [0.05, 0.1) is 0 Å². The lowest BCUT2D eigenvalue weighted by molar-refractivity contribution is -0.121. The van der Waals surface area contributed by atoms with E-state index in [0.717, 1.165) is 32.1 Å². The monoisotopic (exact) mass is 184 g/mol. The fraction of sp³-hybridized carbons (Fsp3) is 0.800. The van der Waals surface area contributed by atoms with E-state index in [9.17, 15) is 4.79 Å². The Balaban J connectivity index is 3.29. The first-order valence-corrected chi connectivity index (χ1v) is 5.11. The molecule has 0 atom stereocenters. The summed E-state index contributed by atoms with van der Waals surface area (Å²) in [6.45, 7) is 4.20. The second-order valence-corrected chi connectivity index (χ2v) is 3.09. The highest BCUT2D eigenvalue weighted by Crippen LogP contribution is 1.97. The Morgan fingerprint density at radius 2 is 2.08 bits per heavy atom. The van der Waals surface area contributed by atoms with Gasteiger partial charge >= 0.3 is 0 Å². The van der Waals surface area contributed by atoms with Crippen LogP contribution in [0.2, 0.25) is 0 Å². The van der Waals surface area contributed by atoms with E-state index in [1.54, 1.807) is 6.21 Å². The number of carbonyl (C=O) groups is 1. The standard InChI is InChI=1S/C10H20N2O/c1-3-5-7-8-10(13)12-11-9-6-4-2/h9H,3-8H2,1-2H3,(H,12,13)/b11-9+. The van der Waals surface area contributed by atoms with Gasteiger partial charge in [-0.2, -0.15) is 5.10 Å². The summed E-state index contributed by atoms with van der Waals surface area (Å²) < 4.78 is 0. The predicted octanol–water partition coefficient (Wildman–Crippen LogP) is 2.47. The van der Waals surface area contributed by atoms with Crippen LogP contribution in [0.1, 0.15) is 52.4 Å². The summed E-state index contributed by atoms with van der Waals surface area (Å²) in [6, 6.07) is 0. The molecule has 0 radical (unpaired) electrons. The number of nitrogens with zero attached hydrogens (tertiary/aromatic N) is 1. The van der Waals surface area contributed by atoms with Gasteiger partial charge in [-0.15, -0.1) is 0 Å². The van der Waals surface area contributed by atoms with Crippen molar-refractivity contribution >= 4 is 12.1 Å². The zero-order valence-electron chi connectivity index (χ0n) is 8.68. The van der Waals surface area contributed by atoms with Gasteiger partial charge in [0.15, 0.2) is 0 Å². The van der Waals surface area contributed by atoms with Crippen molar-refractivity contribution in [1.29, 1.82) is 0 Å². The molecule has 0 fully saturated rings. The number of rotatable bonds is 7. The third-order valence-corrected chi connectivity index (χ3v) is 1.71. The average Bonchev–Trinajstić information content (AvgIpc) is 2.13. The minimum atomic E-state index is 0.0285. The van der Waals surface area contributed by atoms with Gasteiger partial charge < -0.3 is 0 Å². The highest BCUT2D eigenvalue weighted by Gasteiger charge is 1.96. The molecule has 0 unspecified atom stereocenters. The molecule has 76 valence electrons. The maximum Gasteiger partial charge on any atom is 0.240 e. The molecule has 0 aliphatic heterocycles. The van der Waals surface area contributed by atoms with Crippen molar-refractivity contribution in [2.24, 2.45) is 5.10 Å². The zero-order valence-corrected chi connectivity index (χ0v) is 8.68. The highest BCUT2D eigenvalue weighted by atomic mass is 16.2. The summed E-state index contributed by atoms with van der Waals surface area (Å²) in [5, 5.41) is 3.82. The average molecular weight is 184 g/mol. The molecule has 0 aromatic rings. The van der Waals surface area contributed by atoms with Crippen LogP contribution in [-0.2, 0) is 4.79 Å². The first-order valence-electron chi connectivity index (χ1n) is 5.11. The molecule has 0 spiro atoms. The molecule has 1 amide bonds. The first-order chi connectivity index (χ1) is 6.31. The van der Waals surface area contributed by atoms with Crippen LogP contribution in [-0.4, -0.2) is 12.1 Å². The summed E-state index contributed by atoms with van der Waals surface area (Å²) in [6.07, 6.45) is 7.56. The van der Waals surface area contributed by atoms with Crippen molar-refractivity contribution in [3.05, 3.63) is 0 Å². The maximum absolute atomic E-state index is 11.1. The third kappa shape index (κ3) is 9.05. The van der Waals surface area contributed by atoms with E-state index < -0.39 is 0 Å². The Bertz CT molecular complexity index is 155. The van der Waals surface area contributed by atoms with Gasteiger partial charge in [0.2, 0.25) is 5.91 Å². The van der Waals surface area contributed by atoms with E-state index in [4.69, 9.17) is 0 Å². The van der Waals surface area contributed by atoms with E-state index in [2.05, 4.69) is 24.4 Å². The normalized spacial score (nSPS) is 10.6. The largest absolute Gasteiger partial charge is 0.273 e. The van der Waals surface area contributed by atoms with Crippen molar-refractivity contribution < 1.29 is 4.79 Å². The Morgan fingerprint density at radius 3 is 2.69 bits per heavy atom. The number of carbonyl (C=O) groups excluding carboxylic acids is 1. The number of unbranched alkanes of at least 4 members (excludes halogenated alkanes) is 3. The Kier molecular flexibility index (Phi) is 8.62. The Morgan fingerprint density at radius 1 is 1.31 bits per heavy atom. The molecule has 0 saturated carbocycles. The van der Waals surface area contributed by atoms with E-state index >= 15 is 0 Å². The highest BCUT2D eigenvalue weighted by molar-refractivity contribution is 5.76. The van der Waals surface area contributed by atoms with Crippen molar-refractivity contribution in [2.75, 3.05) is 0 Å². The summed E-state index contributed by atoms with van der Waals surface area (Å²) in [5.41, 5.74) is 2.51. The van der Waals surface area contributed by atoms with Gasteiger partial charge in [-0.05, 0) is 12.8 Å². The van der Waals surface area contributed by atoms with Gasteiger partial charge in [0.25, 0.3) is 0 Å². The molecule has 0 heterocycles. The lowest BCUT2D eigenvalue weighted by Gasteiger charge is -1.97. The van der Waals surface area contributed by atoms with Gasteiger partial charge in [-0.1, -0.05) is 33.1 Å². The summed E-state index contributed by atoms with van der Waals surface area (Å²) >= 11 is 0. The Labute approximate surface area is 80.6 Å². The van der Waals surface area contributed by atoms with Gasteiger partial charge in [0, 0.05) is 12.6 Å². The maximum atomic E-state index is 11.1. The van der Waals surface area contributed by atoms with Crippen LogP contribution in [0.25, 0.3) is 0 Å². The summed E-state index contributed by atoms with van der Waals surface area (Å²) in [4.78, 5) is 11.1. The number of hydrogen-bond donors (Lipinski definition) is 1. The molecule has 0 aromatic carbocycles. The second-order valence-electron chi connectivity index (χ2n) is 3.09. The lowest BCUT2D eigenvalue weighted by atomic mass is 10.2. The molecule has 1 N–H and O–H groups in total. The first kappa shape index (κ1) is 12.1. The van der Waals surface area contributed by atoms with Gasteiger partial charge in [-0.3, -0.25) is 4.79 Å². The molecule has 3 heteroatoms. The Hall–Kier alpha value is -0.860. The molecule has 3 nitrogen and oxygen atoms in total. The molecule has 13 heavy (non-hydrogen) atoms. The minimum absolute atomic E-state index is 0.0285. The predicted molar refractivity (Wildman–Crippen MR) is 55.7 cm³/mol. The van der Waals surface area contributed by atoms with Crippen LogP contribution in [0.3, 0.4) is 0 Å². The molecule has 0 aromatic heterocycles. The van der Waals surface area contributed by atoms with Crippen LogP contribution < -0.4 is 5.43 Å². The summed E-state index contributed by atoms with van der Waals surface area (Å²) in [7, 11) is 0. The number of amides is 1. The molecule has 0 aliphatic rings. The van der Waals surface area contributed by atoms with E-state index in [1.807, 2.05) is 0 Å². The van der Waals surface area contributed by atoms with Crippen molar-refractivity contribution in [3.8, 4) is 0 Å². The second kappa shape index (κ2) is 9.23. The van der Waals surface area contributed by atoms with E-state index in [1.165, 1.54) is 0 Å². The minimum Gasteiger partial charge on any atom is -0.273 e. The quantitative estimate of drug-likeness (QED) is 0.368. The SMILES string of the molecule is CCC/C=N/NC(=O)CCCCC. The third-order valence-electron chi connectivity index (χ3n) is 1.71. The van der Waals surface area contributed by atoms with Crippen LogP contribution in [0.15, 0.2) is 5.10 Å². The number of hydrogen-bond acceptors (Lipinski definition) is 2. The van der Waals surface area contributed by atoms with Crippen molar-refractivity contribution in [2.45, 2.75) is 52.4 Å². The fourth-order valence-electron chi connectivity index (χ4n) is 0.903. The van der Waals surface area contributed by atoms with Crippen LogP contribution >= 0.6 is 0 Å². The van der Waals surface area contributed by atoms with E-state index in [0.29, 0.717) is 6.42 Å². The van der Waals surface area contributed by atoms with Crippen molar-refractivity contribution in [1.82, 2.24) is 5.43 Å². The van der Waals surface area contributed by atoms with Crippen LogP contribution in [0.4, 0.5) is 0 Å². The van der Waals surface area contributed by atoms with Crippen LogP contribution in [0.5, 0.6) is 0 Å². The molecule has 0 bridgehead atoms. The van der Waals surface area contributed by atoms with Crippen molar-refractivity contribution in [3.63, 3.8) is 0 Å². The molecule has 0 aliphatic carbocycles. The molecule has 0 saturated heterocycles. The fourth-order valence-corrected chi connectivity index (χ4v) is 0.903. The summed E-state index contributed by atoms with van der Waals surface area (Å²) in [5.74, 6) is 0.0285. The molecular formula is C10H20N2O. The zero-order chi connectivity index (χ0) is 9.94. The van der Waals surface area contributed by atoms with Crippen LogP contribution in [0, 0.1) is 0 Å². The number of nitrogens with one attached hydrogen (secondary N) is 1.